The van der Waals surface area contributed by atoms with E-state index in [0.29, 0.717) is 6.54 Å². The summed E-state index contributed by atoms with van der Waals surface area (Å²) in [5.41, 5.74) is -0.0127. The van der Waals surface area contributed by atoms with E-state index in [1.54, 1.807) is 6.33 Å². The Hall–Kier alpha value is -1.50. The number of nitrogens with zero attached hydrogens (tertiary/aromatic N) is 5. The van der Waals surface area contributed by atoms with Gasteiger partial charge in [-0.25, -0.2) is 4.98 Å². The van der Waals surface area contributed by atoms with E-state index in [1.165, 1.54) is 11.5 Å². The summed E-state index contributed by atoms with van der Waals surface area (Å²) in [6.45, 7) is 6.90. The van der Waals surface area contributed by atoms with Crippen molar-refractivity contribution in [1.82, 2.24) is 24.1 Å². The van der Waals surface area contributed by atoms with Crippen LogP contribution in [0.4, 0.5) is 5.13 Å². The van der Waals surface area contributed by atoms with Gasteiger partial charge < -0.3 is 9.88 Å². The third kappa shape index (κ3) is 2.79. The second-order valence-corrected chi connectivity index (χ2v) is 5.64. The largest absolute Gasteiger partial charge is 0.353 e. The first-order valence-corrected chi connectivity index (χ1v) is 6.15. The normalized spacial score (nSPS) is 11.8. The molecule has 2 aromatic rings. The third-order valence-corrected chi connectivity index (χ3v) is 2.97. The van der Waals surface area contributed by atoms with Gasteiger partial charge in [-0.1, -0.05) is 20.8 Å². The molecule has 7 heteroatoms. The van der Waals surface area contributed by atoms with Gasteiger partial charge in [0.25, 0.3) is 0 Å². The fraction of sp³-hybridized carbons (Fsp3) is 0.600. The van der Waals surface area contributed by atoms with Crippen molar-refractivity contribution in [2.75, 3.05) is 5.32 Å². The Labute approximate surface area is 104 Å². The van der Waals surface area contributed by atoms with Gasteiger partial charge in [-0.3, -0.25) is 0 Å². The lowest BCUT2D eigenvalue weighted by Gasteiger charge is -2.12. The van der Waals surface area contributed by atoms with E-state index in [2.05, 4.69) is 45.6 Å². The van der Waals surface area contributed by atoms with Gasteiger partial charge in [-0.05, 0) is 0 Å². The molecule has 17 heavy (non-hydrogen) atoms. The van der Waals surface area contributed by atoms with E-state index in [1.807, 2.05) is 11.6 Å². The molecule has 2 rings (SSSR count). The maximum Gasteiger partial charge on any atom is 0.202 e. The van der Waals surface area contributed by atoms with Gasteiger partial charge >= 0.3 is 0 Å². The van der Waals surface area contributed by atoms with Crippen molar-refractivity contribution in [1.29, 1.82) is 0 Å². The average Bonchev–Trinajstić information content (AvgIpc) is 2.82. The maximum absolute atomic E-state index is 4.45. The van der Waals surface area contributed by atoms with Crippen LogP contribution in [0.25, 0.3) is 0 Å². The molecule has 1 N–H and O–H groups in total. The minimum absolute atomic E-state index is 0.0127. The molecule has 92 valence electrons. The van der Waals surface area contributed by atoms with Crippen molar-refractivity contribution < 1.29 is 0 Å². The molecule has 0 aliphatic carbocycles. The van der Waals surface area contributed by atoms with Gasteiger partial charge in [-0.15, -0.1) is 10.2 Å². The highest BCUT2D eigenvalue weighted by Crippen LogP contribution is 2.22. The van der Waals surface area contributed by atoms with E-state index in [4.69, 9.17) is 0 Å². The molecule has 0 aliphatic heterocycles. The molecule has 2 aromatic heterocycles. The van der Waals surface area contributed by atoms with Crippen molar-refractivity contribution in [3.05, 3.63) is 18.0 Å². The Morgan fingerprint density at radius 2 is 2.18 bits per heavy atom. The van der Waals surface area contributed by atoms with Crippen LogP contribution in [0.3, 0.4) is 0 Å². The number of aromatic nitrogens is 5. The minimum Gasteiger partial charge on any atom is -0.353 e. The number of hydrogen-bond donors (Lipinski definition) is 1. The lowest BCUT2D eigenvalue weighted by atomic mass is 9.96. The molecular formula is C10H16N6S. The highest BCUT2D eigenvalue weighted by Gasteiger charge is 2.19. The predicted molar refractivity (Wildman–Crippen MR) is 66.9 cm³/mol. The van der Waals surface area contributed by atoms with Gasteiger partial charge in [0.1, 0.15) is 12.2 Å². The quantitative estimate of drug-likeness (QED) is 0.898. The first-order valence-electron chi connectivity index (χ1n) is 5.38. The Bertz CT molecular complexity index is 495. The molecule has 0 atom stereocenters. The molecule has 0 aromatic carbocycles. The van der Waals surface area contributed by atoms with Crippen LogP contribution in [0.2, 0.25) is 0 Å². The highest BCUT2D eigenvalue weighted by atomic mass is 32.1. The molecule has 0 unspecified atom stereocenters. The van der Waals surface area contributed by atoms with Crippen LogP contribution in [0.1, 0.15) is 32.4 Å². The van der Waals surface area contributed by atoms with Crippen LogP contribution in [0.5, 0.6) is 0 Å². The van der Waals surface area contributed by atoms with Crippen LogP contribution >= 0.6 is 11.5 Å². The number of nitrogens with one attached hydrogen (secondary N) is 1. The summed E-state index contributed by atoms with van der Waals surface area (Å²) in [7, 11) is 1.91. The lowest BCUT2D eigenvalue weighted by molar-refractivity contribution is 0.555. The maximum atomic E-state index is 4.45. The number of aryl methyl sites for hydroxylation is 1. The van der Waals surface area contributed by atoms with Crippen LogP contribution in [-0.2, 0) is 19.0 Å². The standard InChI is InChI=1S/C10H16N6S/c1-10(2,3)8-13-9(17-15-8)11-5-7-14-12-6-16(7)4/h6H,5H2,1-4H3,(H,11,13,15). The summed E-state index contributed by atoms with van der Waals surface area (Å²) in [6.07, 6.45) is 1.68. The molecule has 0 saturated heterocycles. The van der Waals surface area contributed by atoms with Gasteiger partial charge in [-0.2, -0.15) is 4.37 Å². The first-order chi connectivity index (χ1) is 7.97. The zero-order valence-corrected chi connectivity index (χ0v) is 11.2. The predicted octanol–water partition coefficient (Wildman–Crippen LogP) is 1.58. The van der Waals surface area contributed by atoms with Crippen molar-refractivity contribution in [2.24, 2.45) is 7.05 Å². The molecule has 0 radical (unpaired) electrons. The van der Waals surface area contributed by atoms with E-state index in [-0.39, 0.29) is 5.41 Å². The fourth-order valence-electron chi connectivity index (χ4n) is 1.22. The fourth-order valence-corrected chi connectivity index (χ4v) is 1.97. The van der Waals surface area contributed by atoms with Gasteiger partial charge in [0.2, 0.25) is 5.13 Å². The van der Waals surface area contributed by atoms with Gasteiger partial charge in [0.05, 0.1) is 6.54 Å². The molecule has 0 fully saturated rings. The molecule has 0 amide bonds. The van der Waals surface area contributed by atoms with Gasteiger partial charge in [0.15, 0.2) is 5.82 Å². The molecule has 6 nitrogen and oxygen atoms in total. The zero-order valence-electron chi connectivity index (χ0n) is 10.4. The van der Waals surface area contributed by atoms with E-state index >= 15 is 0 Å². The van der Waals surface area contributed by atoms with E-state index in [9.17, 15) is 0 Å². The number of hydrogen-bond acceptors (Lipinski definition) is 6. The third-order valence-electron chi connectivity index (χ3n) is 2.30. The Balaban J connectivity index is 2.01. The first kappa shape index (κ1) is 12.0. The minimum atomic E-state index is -0.0127. The average molecular weight is 252 g/mol. The summed E-state index contributed by atoms with van der Waals surface area (Å²) >= 11 is 1.37. The Morgan fingerprint density at radius 3 is 2.71 bits per heavy atom. The van der Waals surface area contributed by atoms with Gasteiger partial charge in [0, 0.05) is 24.0 Å². The molecule has 2 heterocycles. The van der Waals surface area contributed by atoms with Crippen LogP contribution < -0.4 is 5.32 Å². The molecular weight excluding hydrogens is 236 g/mol. The summed E-state index contributed by atoms with van der Waals surface area (Å²) in [5, 5.41) is 11.8. The lowest BCUT2D eigenvalue weighted by Crippen LogP contribution is -2.13. The summed E-state index contributed by atoms with van der Waals surface area (Å²) in [5.74, 6) is 1.74. The number of anilines is 1. The molecule has 0 bridgehead atoms. The van der Waals surface area contributed by atoms with Crippen molar-refractivity contribution in [2.45, 2.75) is 32.7 Å². The second-order valence-electron chi connectivity index (χ2n) is 4.88. The zero-order chi connectivity index (χ0) is 12.5. The van der Waals surface area contributed by atoms with Crippen molar-refractivity contribution in [3.63, 3.8) is 0 Å². The van der Waals surface area contributed by atoms with Crippen LogP contribution in [-0.4, -0.2) is 24.1 Å². The number of rotatable bonds is 3. The van der Waals surface area contributed by atoms with E-state index in [0.717, 1.165) is 16.8 Å². The summed E-state index contributed by atoms with van der Waals surface area (Å²) in [6, 6.07) is 0. The second kappa shape index (κ2) is 4.40. The van der Waals surface area contributed by atoms with Crippen molar-refractivity contribution in [3.8, 4) is 0 Å². The molecule has 0 aliphatic rings. The molecule has 0 spiro atoms. The Morgan fingerprint density at radius 1 is 1.41 bits per heavy atom. The smallest absolute Gasteiger partial charge is 0.202 e. The highest BCUT2D eigenvalue weighted by molar-refractivity contribution is 7.09. The topological polar surface area (TPSA) is 68.5 Å². The van der Waals surface area contributed by atoms with E-state index < -0.39 is 0 Å². The SMILES string of the molecule is Cn1cnnc1CNc1nc(C(C)(C)C)ns1. The summed E-state index contributed by atoms with van der Waals surface area (Å²) in [4.78, 5) is 4.45. The summed E-state index contributed by atoms with van der Waals surface area (Å²) < 4.78 is 6.21. The Kier molecular flexibility index (Phi) is 3.10. The monoisotopic (exact) mass is 252 g/mol. The van der Waals surface area contributed by atoms with Crippen molar-refractivity contribution >= 4 is 16.7 Å². The van der Waals surface area contributed by atoms with Crippen LogP contribution in [0, 0.1) is 0 Å². The van der Waals surface area contributed by atoms with Crippen LogP contribution in [0.15, 0.2) is 6.33 Å². The molecule has 0 saturated carbocycles.